The van der Waals surface area contributed by atoms with Gasteiger partial charge in [0.1, 0.15) is 5.75 Å². The molecule has 0 unspecified atom stereocenters. The zero-order valence-electron chi connectivity index (χ0n) is 13.4. The van der Waals surface area contributed by atoms with Crippen LogP contribution in [0.15, 0.2) is 47.1 Å². The standard InChI is InChI=1S/C18H20BrN3O2/c19-14-5-3-6-15(13-14)24-12-8-17(23)21-16-7-4-9-20-18(16)22-10-1-2-11-22/h3-7,9,13H,1-2,8,10-12H2,(H,21,23). The average molecular weight is 390 g/mol. The molecule has 126 valence electrons. The minimum absolute atomic E-state index is 0.0709. The van der Waals surface area contributed by atoms with Crippen molar-refractivity contribution in [3.63, 3.8) is 0 Å². The van der Waals surface area contributed by atoms with E-state index in [0.717, 1.165) is 34.8 Å². The molecule has 0 spiro atoms. The largest absolute Gasteiger partial charge is 0.493 e. The van der Waals surface area contributed by atoms with E-state index in [4.69, 9.17) is 4.74 Å². The molecule has 1 saturated heterocycles. The van der Waals surface area contributed by atoms with Crippen LogP contribution in [-0.4, -0.2) is 30.6 Å². The van der Waals surface area contributed by atoms with E-state index in [9.17, 15) is 4.79 Å². The fourth-order valence-electron chi connectivity index (χ4n) is 2.71. The van der Waals surface area contributed by atoms with Crippen molar-refractivity contribution in [3.05, 3.63) is 47.1 Å². The van der Waals surface area contributed by atoms with Crippen molar-refractivity contribution in [2.45, 2.75) is 19.3 Å². The number of rotatable bonds is 6. The van der Waals surface area contributed by atoms with Crippen molar-refractivity contribution < 1.29 is 9.53 Å². The van der Waals surface area contributed by atoms with Crippen molar-refractivity contribution >= 4 is 33.3 Å². The Morgan fingerprint density at radius 2 is 2.08 bits per heavy atom. The van der Waals surface area contributed by atoms with Gasteiger partial charge in [0.25, 0.3) is 0 Å². The van der Waals surface area contributed by atoms with Crippen LogP contribution in [0.5, 0.6) is 5.75 Å². The number of carbonyl (C=O) groups is 1. The van der Waals surface area contributed by atoms with E-state index in [0.29, 0.717) is 13.0 Å². The predicted molar refractivity (Wildman–Crippen MR) is 98.6 cm³/mol. The first kappa shape index (κ1) is 16.8. The summed E-state index contributed by atoms with van der Waals surface area (Å²) in [6.45, 7) is 2.32. The Kier molecular flexibility index (Phi) is 5.69. The van der Waals surface area contributed by atoms with Crippen LogP contribution >= 0.6 is 15.9 Å². The molecule has 1 N–H and O–H groups in total. The van der Waals surface area contributed by atoms with Gasteiger partial charge in [-0.2, -0.15) is 0 Å². The molecule has 0 radical (unpaired) electrons. The second-order valence-corrected chi connectivity index (χ2v) is 6.59. The second kappa shape index (κ2) is 8.15. The topological polar surface area (TPSA) is 54.5 Å². The zero-order valence-corrected chi connectivity index (χ0v) is 15.0. The number of nitrogens with zero attached hydrogens (tertiary/aromatic N) is 2. The molecule has 6 heteroatoms. The quantitative estimate of drug-likeness (QED) is 0.814. The number of halogens is 1. The smallest absolute Gasteiger partial charge is 0.227 e. The highest BCUT2D eigenvalue weighted by Crippen LogP contribution is 2.26. The maximum Gasteiger partial charge on any atom is 0.227 e. The van der Waals surface area contributed by atoms with E-state index >= 15 is 0 Å². The molecule has 1 aromatic carbocycles. The highest BCUT2D eigenvalue weighted by atomic mass is 79.9. The third-order valence-corrected chi connectivity index (χ3v) is 4.35. The van der Waals surface area contributed by atoms with Gasteiger partial charge in [-0.05, 0) is 43.2 Å². The number of anilines is 2. The lowest BCUT2D eigenvalue weighted by molar-refractivity contribution is -0.116. The first-order valence-corrected chi connectivity index (χ1v) is 8.90. The maximum atomic E-state index is 12.2. The van der Waals surface area contributed by atoms with Crippen LogP contribution < -0.4 is 15.0 Å². The summed E-state index contributed by atoms with van der Waals surface area (Å²) >= 11 is 3.40. The Balaban J connectivity index is 1.53. The van der Waals surface area contributed by atoms with E-state index in [-0.39, 0.29) is 5.91 Å². The lowest BCUT2D eigenvalue weighted by Crippen LogP contribution is -2.22. The van der Waals surface area contributed by atoms with Crippen LogP contribution in [-0.2, 0) is 4.79 Å². The molecule has 5 nitrogen and oxygen atoms in total. The average Bonchev–Trinajstić information content (AvgIpc) is 3.10. The Morgan fingerprint density at radius 1 is 1.25 bits per heavy atom. The van der Waals surface area contributed by atoms with E-state index in [1.54, 1.807) is 6.20 Å². The Labute approximate surface area is 150 Å². The van der Waals surface area contributed by atoms with E-state index < -0.39 is 0 Å². The van der Waals surface area contributed by atoms with Gasteiger partial charge in [-0.1, -0.05) is 22.0 Å². The molecular formula is C18H20BrN3O2. The fraction of sp³-hybridized carbons (Fsp3) is 0.333. The lowest BCUT2D eigenvalue weighted by Gasteiger charge is -2.20. The molecule has 2 heterocycles. The van der Waals surface area contributed by atoms with Crippen LogP contribution in [0.25, 0.3) is 0 Å². The van der Waals surface area contributed by atoms with E-state index in [1.807, 2.05) is 36.4 Å². The van der Waals surface area contributed by atoms with Crippen molar-refractivity contribution in [1.82, 2.24) is 4.98 Å². The third-order valence-electron chi connectivity index (χ3n) is 3.86. The number of hydrogen-bond donors (Lipinski definition) is 1. The van der Waals surface area contributed by atoms with Crippen molar-refractivity contribution in [1.29, 1.82) is 0 Å². The first-order chi connectivity index (χ1) is 11.7. The molecule has 24 heavy (non-hydrogen) atoms. The van der Waals surface area contributed by atoms with Crippen molar-refractivity contribution in [3.8, 4) is 5.75 Å². The monoisotopic (exact) mass is 389 g/mol. The molecule has 0 atom stereocenters. The molecule has 0 saturated carbocycles. The van der Waals surface area contributed by atoms with Crippen LogP contribution in [0.4, 0.5) is 11.5 Å². The normalized spacial score (nSPS) is 13.8. The lowest BCUT2D eigenvalue weighted by atomic mass is 10.3. The van der Waals surface area contributed by atoms with Gasteiger partial charge in [0.15, 0.2) is 5.82 Å². The summed E-state index contributed by atoms with van der Waals surface area (Å²) in [7, 11) is 0. The Bertz CT molecular complexity index is 702. The molecular weight excluding hydrogens is 370 g/mol. The van der Waals surface area contributed by atoms with Gasteiger partial charge < -0.3 is 15.0 Å². The van der Waals surface area contributed by atoms with Gasteiger partial charge in [-0.3, -0.25) is 4.79 Å². The number of pyridine rings is 1. The van der Waals surface area contributed by atoms with Gasteiger partial charge in [-0.25, -0.2) is 4.98 Å². The number of amides is 1. The van der Waals surface area contributed by atoms with Crippen LogP contribution in [0.1, 0.15) is 19.3 Å². The highest BCUT2D eigenvalue weighted by molar-refractivity contribution is 9.10. The summed E-state index contributed by atoms with van der Waals surface area (Å²) in [5, 5.41) is 2.95. The summed E-state index contributed by atoms with van der Waals surface area (Å²) in [5.41, 5.74) is 0.770. The zero-order chi connectivity index (χ0) is 16.8. The van der Waals surface area contributed by atoms with Gasteiger partial charge >= 0.3 is 0 Å². The number of ether oxygens (including phenoxy) is 1. The summed E-state index contributed by atoms with van der Waals surface area (Å²) in [6, 6.07) is 11.3. The van der Waals surface area contributed by atoms with Gasteiger partial charge in [0.2, 0.25) is 5.91 Å². The number of benzene rings is 1. The minimum atomic E-state index is -0.0709. The van der Waals surface area contributed by atoms with E-state index in [1.165, 1.54) is 12.8 Å². The molecule has 2 aromatic rings. The van der Waals surface area contributed by atoms with Crippen LogP contribution in [0.2, 0.25) is 0 Å². The summed E-state index contributed by atoms with van der Waals surface area (Å²) < 4.78 is 6.56. The van der Waals surface area contributed by atoms with Gasteiger partial charge in [0.05, 0.1) is 18.7 Å². The molecule has 1 aliphatic heterocycles. The molecule has 1 amide bonds. The number of nitrogens with one attached hydrogen (secondary N) is 1. The summed E-state index contributed by atoms with van der Waals surface area (Å²) in [5.74, 6) is 1.53. The summed E-state index contributed by atoms with van der Waals surface area (Å²) in [4.78, 5) is 18.8. The second-order valence-electron chi connectivity index (χ2n) is 5.67. The third kappa shape index (κ3) is 4.47. The maximum absolute atomic E-state index is 12.2. The van der Waals surface area contributed by atoms with Crippen molar-refractivity contribution in [2.24, 2.45) is 0 Å². The van der Waals surface area contributed by atoms with Crippen LogP contribution in [0.3, 0.4) is 0 Å². The predicted octanol–water partition coefficient (Wildman–Crippen LogP) is 3.85. The molecule has 0 bridgehead atoms. The Hall–Kier alpha value is -2.08. The molecule has 3 rings (SSSR count). The van der Waals surface area contributed by atoms with Crippen LogP contribution in [0, 0.1) is 0 Å². The molecule has 1 aromatic heterocycles. The molecule has 1 fully saturated rings. The number of hydrogen-bond acceptors (Lipinski definition) is 4. The first-order valence-electron chi connectivity index (χ1n) is 8.10. The summed E-state index contributed by atoms with van der Waals surface area (Å²) in [6.07, 6.45) is 4.40. The molecule has 0 aliphatic carbocycles. The Morgan fingerprint density at radius 3 is 2.88 bits per heavy atom. The fourth-order valence-corrected chi connectivity index (χ4v) is 3.08. The highest BCUT2D eigenvalue weighted by Gasteiger charge is 2.17. The van der Waals surface area contributed by atoms with E-state index in [2.05, 4.69) is 31.1 Å². The van der Waals surface area contributed by atoms with Gasteiger partial charge in [-0.15, -0.1) is 0 Å². The van der Waals surface area contributed by atoms with Gasteiger partial charge in [0, 0.05) is 23.8 Å². The number of aromatic nitrogens is 1. The minimum Gasteiger partial charge on any atom is -0.493 e. The SMILES string of the molecule is O=C(CCOc1cccc(Br)c1)Nc1cccnc1N1CCCC1. The van der Waals surface area contributed by atoms with Crippen molar-refractivity contribution in [2.75, 3.05) is 29.9 Å². The molecule has 1 aliphatic rings. The number of carbonyl (C=O) groups excluding carboxylic acids is 1.